The van der Waals surface area contributed by atoms with Gasteiger partial charge in [-0.25, -0.2) is 0 Å². The molecule has 1 fully saturated rings. The lowest BCUT2D eigenvalue weighted by Gasteiger charge is -2.34. The van der Waals surface area contributed by atoms with Crippen LogP contribution in [0.5, 0.6) is 23.0 Å². The van der Waals surface area contributed by atoms with Gasteiger partial charge in [0.25, 0.3) is 5.91 Å². The number of hydrogen-bond acceptors (Lipinski definition) is 8. The Labute approximate surface area is 308 Å². The zero-order valence-corrected chi connectivity index (χ0v) is 29.7. The second kappa shape index (κ2) is 15.8. The van der Waals surface area contributed by atoms with Crippen molar-refractivity contribution in [3.63, 3.8) is 0 Å². The number of rotatable bonds is 13. The highest BCUT2D eigenvalue weighted by atomic mass is 16.5. The van der Waals surface area contributed by atoms with Gasteiger partial charge in [0, 0.05) is 55.5 Å². The molecule has 0 aromatic heterocycles. The Morgan fingerprint density at radius 1 is 0.906 bits per heavy atom. The molecule has 3 aliphatic rings. The van der Waals surface area contributed by atoms with Gasteiger partial charge in [0.1, 0.15) is 35.6 Å². The molecular formula is C42H43N3O8. The third kappa shape index (κ3) is 7.99. The molecule has 4 aromatic carbocycles. The normalized spacial score (nSPS) is 19.2. The lowest BCUT2D eigenvalue weighted by atomic mass is 9.76. The first kappa shape index (κ1) is 35.6. The highest BCUT2D eigenvalue weighted by Gasteiger charge is 2.39. The topological polar surface area (TPSA) is 135 Å². The van der Waals surface area contributed by atoms with Crippen molar-refractivity contribution >= 4 is 23.6 Å². The Hall–Kier alpha value is -5.84. The van der Waals surface area contributed by atoms with E-state index in [1.54, 1.807) is 36.2 Å². The maximum absolute atomic E-state index is 12.9. The number of carbonyl (C=O) groups is 4. The Kier molecular flexibility index (Phi) is 10.6. The first-order valence-corrected chi connectivity index (χ1v) is 18.1. The monoisotopic (exact) mass is 717 g/mol. The van der Waals surface area contributed by atoms with Crippen molar-refractivity contribution in [2.75, 3.05) is 33.4 Å². The third-order valence-corrected chi connectivity index (χ3v) is 10.3. The lowest BCUT2D eigenvalue weighted by molar-refractivity contribution is -0.137. The van der Waals surface area contributed by atoms with Crippen LogP contribution in [-0.4, -0.2) is 78.0 Å². The fourth-order valence-electron chi connectivity index (χ4n) is 7.39. The second-order valence-electron chi connectivity index (χ2n) is 13.8. The summed E-state index contributed by atoms with van der Waals surface area (Å²) in [5, 5.41) is 12.4. The number of unbranched alkanes of at least 4 members (excludes halogenated alkanes) is 1. The molecule has 3 heterocycles. The average molecular weight is 718 g/mol. The number of benzene rings is 4. The first-order valence-electron chi connectivity index (χ1n) is 18.1. The molecule has 4 aromatic rings. The van der Waals surface area contributed by atoms with Gasteiger partial charge < -0.3 is 29.1 Å². The zero-order valence-electron chi connectivity index (χ0n) is 29.7. The zero-order chi connectivity index (χ0) is 36.9. The van der Waals surface area contributed by atoms with Crippen molar-refractivity contribution in [1.82, 2.24) is 15.1 Å². The van der Waals surface area contributed by atoms with Gasteiger partial charge in [-0.15, -0.1) is 0 Å². The predicted molar refractivity (Wildman–Crippen MR) is 196 cm³/mol. The van der Waals surface area contributed by atoms with Crippen LogP contribution < -0.4 is 19.5 Å². The maximum atomic E-state index is 12.9. The van der Waals surface area contributed by atoms with Gasteiger partial charge in [-0.3, -0.25) is 24.5 Å². The van der Waals surface area contributed by atoms with E-state index < -0.39 is 11.9 Å². The highest BCUT2D eigenvalue weighted by molar-refractivity contribution is 6.05. The number of amides is 4. The van der Waals surface area contributed by atoms with Crippen LogP contribution in [0.15, 0.2) is 91.0 Å². The van der Waals surface area contributed by atoms with Crippen LogP contribution in [-0.2, 0) is 20.9 Å². The summed E-state index contributed by atoms with van der Waals surface area (Å²) < 4.78 is 18.0. The number of nitrogens with one attached hydrogen (secondary N) is 1. The smallest absolute Gasteiger partial charge is 0.255 e. The summed E-state index contributed by atoms with van der Waals surface area (Å²) in [5.41, 5.74) is 4.68. The van der Waals surface area contributed by atoms with Gasteiger partial charge in [0.2, 0.25) is 17.7 Å². The molecule has 0 saturated carbocycles. The van der Waals surface area contributed by atoms with Gasteiger partial charge in [-0.05, 0) is 72.4 Å². The molecule has 0 spiro atoms. The molecular weight excluding hydrogens is 674 g/mol. The van der Waals surface area contributed by atoms with Crippen LogP contribution in [0.4, 0.5) is 0 Å². The van der Waals surface area contributed by atoms with E-state index in [2.05, 4.69) is 29.6 Å². The fourth-order valence-corrected chi connectivity index (χ4v) is 7.39. The van der Waals surface area contributed by atoms with E-state index in [0.29, 0.717) is 75.7 Å². The number of nitrogens with zero attached hydrogens (tertiary/aromatic N) is 2. The third-order valence-electron chi connectivity index (χ3n) is 10.3. The molecule has 3 atom stereocenters. The van der Waals surface area contributed by atoms with Crippen LogP contribution in [0.3, 0.4) is 0 Å². The summed E-state index contributed by atoms with van der Waals surface area (Å²) in [6.45, 7) is 2.03. The number of imide groups is 1. The minimum atomic E-state index is -0.654. The quantitative estimate of drug-likeness (QED) is 0.136. The number of fused-ring (bicyclic) bond motifs is 2. The van der Waals surface area contributed by atoms with E-state index in [1.807, 2.05) is 42.5 Å². The van der Waals surface area contributed by atoms with Crippen molar-refractivity contribution in [3.05, 3.63) is 119 Å². The van der Waals surface area contributed by atoms with Gasteiger partial charge >= 0.3 is 0 Å². The number of ether oxygens (including phenoxy) is 3. The Morgan fingerprint density at radius 2 is 1.68 bits per heavy atom. The summed E-state index contributed by atoms with van der Waals surface area (Å²) in [7, 11) is 1.78. The number of phenols is 1. The molecule has 274 valence electrons. The van der Waals surface area contributed by atoms with Crippen LogP contribution in [0.1, 0.15) is 76.6 Å². The van der Waals surface area contributed by atoms with E-state index in [4.69, 9.17) is 14.2 Å². The van der Waals surface area contributed by atoms with Crippen molar-refractivity contribution in [2.24, 2.45) is 0 Å². The van der Waals surface area contributed by atoms with Crippen molar-refractivity contribution < 1.29 is 38.5 Å². The van der Waals surface area contributed by atoms with E-state index in [1.165, 1.54) is 10.5 Å². The van der Waals surface area contributed by atoms with E-state index in [9.17, 15) is 24.3 Å². The van der Waals surface area contributed by atoms with Gasteiger partial charge in [-0.2, -0.15) is 0 Å². The predicted octanol–water partition coefficient (Wildman–Crippen LogP) is 5.55. The Morgan fingerprint density at radius 3 is 2.47 bits per heavy atom. The van der Waals surface area contributed by atoms with Gasteiger partial charge in [0.15, 0.2) is 0 Å². The molecule has 4 amide bonds. The lowest BCUT2D eigenvalue weighted by Crippen LogP contribution is -2.52. The molecule has 53 heavy (non-hydrogen) atoms. The van der Waals surface area contributed by atoms with E-state index in [0.717, 1.165) is 22.4 Å². The molecule has 0 aliphatic carbocycles. The second-order valence-corrected chi connectivity index (χ2v) is 13.8. The molecule has 0 radical (unpaired) electrons. The van der Waals surface area contributed by atoms with Crippen LogP contribution in [0, 0.1) is 0 Å². The van der Waals surface area contributed by atoms with Crippen LogP contribution in [0.2, 0.25) is 0 Å². The SMILES string of the molecule is CN(CCOc1ccc([C@@H]2c3ccc(O)cc3OC[C@@H]2c2ccccc2)cc1)C(=O)CCCCOc1ccc2c(c1)CN(C1CCC(=O)NC1=O)C2=O. The Balaban J connectivity index is 0.841. The van der Waals surface area contributed by atoms with E-state index in [-0.39, 0.29) is 41.7 Å². The van der Waals surface area contributed by atoms with Crippen molar-refractivity contribution in [2.45, 2.75) is 56.5 Å². The van der Waals surface area contributed by atoms with Gasteiger partial charge in [0.05, 0.1) is 19.8 Å². The molecule has 0 bridgehead atoms. The number of likely N-dealkylation sites (N-methyl/N-ethyl adjacent to an activating group) is 1. The largest absolute Gasteiger partial charge is 0.508 e. The molecule has 3 aliphatic heterocycles. The molecule has 2 N–H and O–H groups in total. The summed E-state index contributed by atoms with van der Waals surface area (Å²) in [4.78, 5) is 52.7. The van der Waals surface area contributed by atoms with Crippen LogP contribution in [0.25, 0.3) is 0 Å². The number of phenolic OH excluding ortho intramolecular Hbond substituents is 1. The summed E-state index contributed by atoms with van der Waals surface area (Å²) in [6, 6.07) is 28.3. The highest BCUT2D eigenvalue weighted by Crippen LogP contribution is 2.47. The molecule has 11 nitrogen and oxygen atoms in total. The number of aromatic hydroxyl groups is 1. The summed E-state index contributed by atoms with van der Waals surface area (Å²) >= 11 is 0. The summed E-state index contributed by atoms with van der Waals surface area (Å²) in [6.07, 6.45) is 2.27. The summed E-state index contributed by atoms with van der Waals surface area (Å²) in [5.74, 6) is 1.44. The fraction of sp³-hybridized carbons (Fsp3) is 0.333. The van der Waals surface area contributed by atoms with Crippen molar-refractivity contribution in [1.29, 1.82) is 0 Å². The number of carbonyl (C=O) groups excluding carboxylic acids is 4. The van der Waals surface area contributed by atoms with Crippen LogP contribution >= 0.6 is 0 Å². The van der Waals surface area contributed by atoms with E-state index >= 15 is 0 Å². The van der Waals surface area contributed by atoms with Crippen molar-refractivity contribution in [3.8, 4) is 23.0 Å². The number of hydrogen-bond donors (Lipinski definition) is 2. The molecule has 11 heteroatoms. The van der Waals surface area contributed by atoms with Gasteiger partial charge in [-0.1, -0.05) is 48.5 Å². The maximum Gasteiger partial charge on any atom is 0.255 e. The molecule has 1 unspecified atom stereocenters. The molecule has 7 rings (SSSR count). The minimum absolute atomic E-state index is 0.0321. The average Bonchev–Trinajstić information content (AvgIpc) is 3.49. The number of piperidine rings is 1. The standard InChI is InChI=1S/C42H43N3O8/c1-44(39(48)9-5-6-21-51-32-15-17-33-29(23-32)25-45(42(33)50)36-18-19-38(47)43-41(36)49)20-22-52-31-13-10-28(11-14-31)40-34-16-12-30(46)24-37(34)53-26-35(40)27-7-3-2-4-8-27/h2-4,7-8,10-17,23-24,35-36,40,46H,5-6,9,18-22,25-26H2,1H3,(H,43,47,49)/t35-,36?,40-/m1/s1. The molecule has 1 saturated heterocycles. The first-order chi connectivity index (χ1) is 25.7. The minimum Gasteiger partial charge on any atom is -0.508 e. The Bertz CT molecular complexity index is 1980.